The van der Waals surface area contributed by atoms with Crippen molar-refractivity contribution in [1.29, 1.82) is 0 Å². The second kappa shape index (κ2) is 5.91. The van der Waals surface area contributed by atoms with Crippen LogP contribution >= 0.6 is 0 Å². The van der Waals surface area contributed by atoms with Crippen molar-refractivity contribution >= 4 is 0 Å². The average Bonchev–Trinajstić information content (AvgIpc) is 1.98. The molecule has 0 aromatic rings. The van der Waals surface area contributed by atoms with E-state index in [0.29, 0.717) is 0 Å². The minimum Gasteiger partial charge on any atom is -0.462 e. The van der Waals surface area contributed by atoms with Crippen molar-refractivity contribution in [3.05, 3.63) is 0 Å². The van der Waals surface area contributed by atoms with Crippen LogP contribution in [0.25, 0.3) is 0 Å². The SMILES string of the molecule is CC(C)(C#CO)CCCCCO. The van der Waals surface area contributed by atoms with Gasteiger partial charge >= 0.3 is 0 Å². The van der Waals surface area contributed by atoms with Gasteiger partial charge in [0.05, 0.1) is 0 Å². The molecule has 0 saturated heterocycles. The highest BCUT2D eigenvalue weighted by atomic mass is 16.3. The van der Waals surface area contributed by atoms with E-state index < -0.39 is 0 Å². The molecule has 2 heteroatoms. The van der Waals surface area contributed by atoms with E-state index in [9.17, 15) is 0 Å². The number of hydrogen-bond donors (Lipinski definition) is 2. The van der Waals surface area contributed by atoms with Crippen molar-refractivity contribution in [2.24, 2.45) is 5.41 Å². The highest BCUT2D eigenvalue weighted by Crippen LogP contribution is 2.22. The van der Waals surface area contributed by atoms with Crippen molar-refractivity contribution < 1.29 is 10.2 Å². The summed E-state index contributed by atoms with van der Waals surface area (Å²) < 4.78 is 0. The Kier molecular flexibility index (Phi) is 5.57. The summed E-state index contributed by atoms with van der Waals surface area (Å²) in [5.41, 5.74) is -0.0930. The molecule has 0 aliphatic carbocycles. The van der Waals surface area contributed by atoms with Gasteiger partial charge < -0.3 is 10.2 Å². The molecular formula is C10H18O2. The molecule has 0 aliphatic heterocycles. The van der Waals surface area contributed by atoms with Crippen LogP contribution in [0.5, 0.6) is 0 Å². The van der Waals surface area contributed by atoms with Crippen LogP contribution in [0.4, 0.5) is 0 Å². The molecule has 0 amide bonds. The third kappa shape index (κ3) is 6.06. The number of aliphatic hydroxyl groups excluding tert-OH is 2. The molecule has 0 spiro atoms. The molecule has 2 nitrogen and oxygen atoms in total. The van der Waals surface area contributed by atoms with Gasteiger partial charge in [0.2, 0.25) is 0 Å². The van der Waals surface area contributed by atoms with Crippen LogP contribution in [-0.2, 0) is 0 Å². The van der Waals surface area contributed by atoms with Crippen LogP contribution in [0, 0.1) is 17.4 Å². The predicted molar refractivity (Wildman–Crippen MR) is 49.0 cm³/mol. The Labute approximate surface area is 74.6 Å². The van der Waals surface area contributed by atoms with Gasteiger partial charge in [0.1, 0.15) is 6.11 Å². The Morgan fingerprint density at radius 1 is 1.17 bits per heavy atom. The first-order valence-electron chi connectivity index (χ1n) is 4.39. The van der Waals surface area contributed by atoms with E-state index in [0.717, 1.165) is 25.7 Å². The summed E-state index contributed by atoms with van der Waals surface area (Å²) in [6.07, 6.45) is 5.88. The average molecular weight is 170 g/mol. The van der Waals surface area contributed by atoms with Gasteiger partial charge in [-0.1, -0.05) is 18.8 Å². The molecule has 0 fully saturated rings. The number of aliphatic hydroxyl groups is 2. The van der Waals surface area contributed by atoms with E-state index in [4.69, 9.17) is 10.2 Å². The van der Waals surface area contributed by atoms with Gasteiger partial charge in [-0.2, -0.15) is 0 Å². The number of unbranched alkanes of at least 4 members (excludes halogenated alkanes) is 2. The molecule has 2 N–H and O–H groups in total. The molecule has 0 bridgehead atoms. The Morgan fingerprint density at radius 3 is 2.33 bits per heavy atom. The normalized spacial score (nSPS) is 10.6. The molecule has 0 aromatic heterocycles. The molecule has 0 unspecified atom stereocenters. The highest BCUT2D eigenvalue weighted by Gasteiger charge is 2.13. The summed E-state index contributed by atoms with van der Waals surface area (Å²) in [6.45, 7) is 4.29. The fraction of sp³-hybridized carbons (Fsp3) is 0.800. The topological polar surface area (TPSA) is 40.5 Å². The van der Waals surface area contributed by atoms with Gasteiger partial charge in [-0.3, -0.25) is 0 Å². The number of hydrogen-bond acceptors (Lipinski definition) is 2. The minimum absolute atomic E-state index is 0.0930. The van der Waals surface area contributed by atoms with Crippen molar-refractivity contribution in [1.82, 2.24) is 0 Å². The maximum absolute atomic E-state index is 8.53. The van der Waals surface area contributed by atoms with E-state index in [2.05, 4.69) is 5.92 Å². The standard InChI is InChI=1S/C10H18O2/c1-10(2,7-9-12)6-4-3-5-8-11/h11-12H,3-6,8H2,1-2H3. The molecule has 0 saturated carbocycles. The molecule has 0 heterocycles. The molecular weight excluding hydrogens is 152 g/mol. The second-order valence-electron chi connectivity index (χ2n) is 3.65. The van der Waals surface area contributed by atoms with E-state index in [-0.39, 0.29) is 12.0 Å². The van der Waals surface area contributed by atoms with Crippen molar-refractivity contribution in [3.8, 4) is 12.0 Å². The lowest BCUT2D eigenvalue weighted by Gasteiger charge is -2.15. The second-order valence-corrected chi connectivity index (χ2v) is 3.65. The van der Waals surface area contributed by atoms with Gasteiger partial charge in [-0.05, 0) is 26.7 Å². The Balaban J connectivity index is 3.52. The third-order valence-electron chi connectivity index (χ3n) is 1.85. The predicted octanol–water partition coefficient (Wildman–Crippen LogP) is 1.90. The quantitative estimate of drug-likeness (QED) is 0.488. The minimum atomic E-state index is -0.0930. The Hall–Kier alpha value is -0.680. The Morgan fingerprint density at radius 2 is 1.83 bits per heavy atom. The van der Waals surface area contributed by atoms with Crippen LogP contribution in [0.15, 0.2) is 0 Å². The van der Waals surface area contributed by atoms with Crippen LogP contribution in [0.3, 0.4) is 0 Å². The zero-order chi connectivity index (χ0) is 9.45. The van der Waals surface area contributed by atoms with Gasteiger partial charge in [-0.25, -0.2) is 0 Å². The van der Waals surface area contributed by atoms with Gasteiger partial charge in [0, 0.05) is 12.0 Å². The third-order valence-corrected chi connectivity index (χ3v) is 1.85. The summed E-state index contributed by atoms with van der Waals surface area (Å²) >= 11 is 0. The van der Waals surface area contributed by atoms with Crippen molar-refractivity contribution in [3.63, 3.8) is 0 Å². The summed E-state index contributed by atoms with van der Waals surface area (Å²) in [5, 5.41) is 16.9. The zero-order valence-corrected chi connectivity index (χ0v) is 7.93. The smallest absolute Gasteiger partial charge is 0.108 e. The fourth-order valence-corrected chi connectivity index (χ4v) is 1.07. The van der Waals surface area contributed by atoms with Gasteiger partial charge in [0.15, 0.2) is 0 Å². The van der Waals surface area contributed by atoms with Crippen LogP contribution in [0.1, 0.15) is 39.5 Å². The molecule has 0 aliphatic rings. The summed E-state index contributed by atoms with van der Waals surface area (Å²) in [5.74, 6) is 2.74. The summed E-state index contributed by atoms with van der Waals surface area (Å²) in [6, 6.07) is 0. The van der Waals surface area contributed by atoms with Gasteiger partial charge in [0.25, 0.3) is 0 Å². The molecule has 0 atom stereocenters. The lowest BCUT2D eigenvalue weighted by molar-refractivity contribution is 0.279. The molecule has 0 aromatic carbocycles. The van der Waals surface area contributed by atoms with E-state index in [1.807, 2.05) is 20.0 Å². The van der Waals surface area contributed by atoms with E-state index >= 15 is 0 Å². The van der Waals surface area contributed by atoms with Crippen LogP contribution in [-0.4, -0.2) is 16.8 Å². The molecule has 0 rings (SSSR count). The molecule has 70 valence electrons. The molecule has 0 radical (unpaired) electrons. The van der Waals surface area contributed by atoms with E-state index in [1.165, 1.54) is 0 Å². The summed E-state index contributed by atoms with van der Waals surface area (Å²) in [7, 11) is 0. The monoisotopic (exact) mass is 170 g/mol. The summed E-state index contributed by atoms with van der Waals surface area (Å²) in [4.78, 5) is 0. The Bertz CT molecular complexity index is 162. The maximum Gasteiger partial charge on any atom is 0.108 e. The number of rotatable bonds is 5. The first kappa shape index (κ1) is 11.3. The van der Waals surface area contributed by atoms with Crippen molar-refractivity contribution in [2.45, 2.75) is 39.5 Å². The highest BCUT2D eigenvalue weighted by molar-refractivity contribution is 5.03. The fourth-order valence-electron chi connectivity index (χ4n) is 1.07. The first-order chi connectivity index (χ1) is 5.62. The van der Waals surface area contributed by atoms with Crippen LogP contribution in [0.2, 0.25) is 0 Å². The van der Waals surface area contributed by atoms with E-state index in [1.54, 1.807) is 0 Å². The first-order valence-corrected chi connectivity index (χ1v) is 4.39. The maximum atomic E-state index is 8.53. The molecule has 12 heavy (non-hydrogen) atoms. The lowest BCUT2D eigenvalue weighted by atomic mass is 9.88. The largest absolute Gasteiger partial charge is 0.462 e. The zero-order valence-electron chi connectivity index (χ0n) is 7.93. The van der Waals surface area contributed by atoms with Gasteiger partial charge in [-0.15, -0.1) is 0 Å². The van der Waals surface area contributed by atoms with Crippen molar-refractivity contribution in [2.75, 3.05) is 6.61 Å². The van der Waals surface area contributed by atoms with Crippen LogP contribution < -0.4 is 0 Å². The lowest BCUT2D eigenvalue weighted by Crippen LogP contribution is -2.07.